The molecule has 1 fully saturated rings. The van der Waals surface area contributed by atoms with Crippen LogP contribution in [0.15, 0.2) is 29.2 Å². The number of rotatable bonds is 6. The van der Waals surface area contributed by atoms with E-state index in [9.17, 15) is 8.42 Å². The van der Waals surface area contributed by atoms with Crippen LogP contribution in [0, 0.1) is 0 Å². The van der Waals surface area contributed by atoms with Crippen molar-refractivity contribution < 1.29 is 8.42 Å². The molecule has 1 N–H and O–H groups in total. The SMILES string of the molecule is CN(C)c1n[nH]c(C2CCN(Cc3nnnn3-c3ccc(S(C)(=O)=O)cc3)CC2)n1. The van der Waals surface area contributed by atoms with Crippen molar-refractivity contribution in [1.29, 1.82) is 0 Å². The van der Waals surface area contributed by atoms with Crippen LogP contribution in [0.1, 0.15) is 30.4 Å². The van der Waals surface area contributed by atoms with E-state index >= 15 is 0 Å². The van der Waals surface area contributed by atoms with E-state index in [1.54, 1.807) is 28.9 Å². The van der Waals surface area contributed by atoms with E-state index in [-0.39, 0.29) is 4.90 Å². The molecule has 160 valence electrons. The van der Waals surface area contributed by atoms with E-state index < -0.39 is 9.84 Å². The van der Waals surface area contributed by atoms with Gasteiger partial charge in [0, 0.05) is 26.3 Å². The summed E-state index contributed by atoms with van der Waals surface area (Å²) in [6.07, 6.45) is 3.15. The minimum Gasteiger partial charge on any atom is -0.346 e. The summed E-state index contributed by atoms with van der Waals surface area (Å²) in [5.41, 5.74) is 0.732. The third-order valence-electron chi connectivity index (χ3n) is 5.27. The molecule has 0 unspecified atom stereocenters. The van der Waals surface area contributed by atoms with Gasteiger partial charge in [0.15, 0.2) is 15.7 Å². The van der Waals surface area contributed by atoms with Crippen molar-refractivity contribution in [1.82, 2.24) is 40.3 Å². The largest absolute Gasteiger partial charge is 0.346 e. The van der Waals surface area contributed by atoms with E-state index in [4.69, 9.17) is 0 Å². The topological polar surface area (TPSA) is 126 Å². The standard InChI is InChI=1S/C18H25N9O2S/c1-25(2)18-19-17(21-22-18)13-8-10-26(11-9-13)12-16-20-23-24-27(16)14-4-6-15(7-5-14)30(3,28)29/h4-7,13H,8-12H2,1-3H3,(H,19,21,22). The summed E-state index contributed by atoms with van der Waals surface area (Å²) >= 11 is 0. The zero-order valence-electron chi connectivity index (χ0n) is 17.2. The number of tetrazole rings is 1. The summed E-state index contributed by atoms with van der Waals surface area (Å²) < 4.78 is 25.0. The summed E-state index contributed by atoms with van der Waals surface area (Å²) in [6, 6.07) is 6.57. The lowest BCUT2D eigenvalue weighted by molar-refractivity contribution is 0.196. The van der Waals surface area contributed by atoms with E-state index in [1.165, 1.54) is 6.26 Å². The summed E-state index contributed by atoms with van der Waals surface area (Å²) in [4.78, 5) is 9.04. The van der Waals surface area contributed by atoms with E-state index in [1.807, 2.05) is 19.0 Å². The van der Waals surface area contributed by atoms with Crippen molar-refractivity contribution in [2.24, 2.45) is 0 Å². The van der Waals surface area contributed by atoms with E-state index in [2.05, 4.69) is 35.6 Å². The molecule has 1 aliphatic rings. The normalized spacial score (nSPS) is 16.1. The first-order valence-electron chi connectivity index (χ1n) is 9.71. The Morgan fingerprint density at radius 1 is 1.17 bits per heavy atom. The van der Waals surface area contributed by atoms with Crippen molar-refractivity contribution in [2.45, 2.75) is 30.2 Å². The fourth-order valence-corrected chi connectivity index (χ4v) is 4.18. The fourth-order valence-electron chi connectivity index (χ4n) is 3.55. The number of nitrogens with zero attached hydrogens (tertiary/aromatic N) is 8. The molecule has 12 heteroatoms. The van der Waals surface area contributed by atoms with Gasteiger partial charge in [0.2, 0.25) is 5.95 Å². The maximum absolute atomic E-state index is 11.7. The number of anilines is 1. The summed E-state index contributed by atoms with van der Waals surface area (Å²) in [5.74, 6) is 2.72. The third kappa shape index (κ3) is 4.33. The Bertz CT molecular complexity index is 1100. The van der Waals surface area contributed by atoms with Gasteiger partial charge in [-0.2, -0.15) is 9.67 Å². The second kappa shape index (κ2) is 8.11. The molecule has 3 aromatic rings. The molecular weight excluding hydrogens is 406 g/mol. The van der Waals surface area contributed by atoms with Crippen LogP contribution < -0.4 is 4.90 Å². The number of benzene rings is 1. The van der Waals surface area contributed by atoms with Crippen LogP contribution in [0.4, 0.5) is 5.95 Å². The summed E-state index contributed by atoms with van der Waals surface area (Å²) in [6.45, 7) is 2.43. The molecule has 1 aliphatic heterocycles. The molecule has 0 aliphatic carbocycles. The number of nitrogens with one attached hydrogen (secondary N) is 1. The zero-order chi connectivity index (χ0) is 21.3. The first-order valence-corrected chi connectivity index (χ1v) is 11.6. The van der Waals surface area contributed by atoms with Crippen LogP contribution in [0.25, 0.3) is 5.69 Å². The lowest BCUT2D eigenvalue weighted by Crippen LogP contribution is -2.33. The van der Waals surface area contributed by atoms with Crippen molar-refractivity contribution in [3.8, 4) is 5.69 Å². The van der Waals surface area contributed by atoms with Gasteiger partial charge in [0.25, 0.3) is 0 Å². The third-order valence-corrected chi connectivity index (χ3v) is 6.40. The average Bonchev–Trinajstić information content (AvgIpc) is 3.38. The Morgan fingerprint density at radius 2 is 1.87 bits per heavy atom. The molecule has 1 saturated heterocycles. The molecule has 3 heterocycles. The number of hydrogen-bond acceptors (Lipinski definition) is 9. The number of aromatic nitrogens is 7. The van der Waals surface area contributed by atoms with E-state index in [0.717, 1.165) is 43.3 Å². The molecule has 11 nitrogen and oxygen atoms in total. The Kier molecular flexibility index (Phi) is 5.52. The van der Waals surface area contributed by atoms with Crippen LogP contribution in [0.3, 0.4) is 0 Å². The number of sulfone groups is 1. The van der Waals surface area contributed by atoms with Crippen LogP contribution in [-0.2, 0) is 16.4 Å². The van der Waals surface area contributed by atoms with Crippen LogP contribution >= 0.6 is 0 Å². The highest BCUT2D eigenvalue weighted by Crippen LogP contribution is 2.27. The predicted molar refractivity (Wildman–Crippen MR) is 110 cm³/mol. The molecular formula is C18H25N9O2S. The maximum Gasteiger partial charge on any atom is 0.244 e. The van der Waals surface area contributed by atoms with Crippen molar-refractivity contribution in [3.05, 3.63) is 35.9 Å². The van der Waals surface area contributed by atoms with Crippen LogP contribution in [-0.4, -0.2) is 82.1 Å². The number of piperidine rings is 1. The lowest BCUT2D eigenvalue weighted by Gasteiger charge is -2.30. The summed E-state index contributed by atoms with van der Waals surface area (Å²) in [5, 5.41) is 19.4. The van der Waals surface area contributed by atoms with Gasteiger partial charge in [-0.1, -0.05) is 0 Å². The highest BCUT2D eigenvalue weighted by Gasteiger charge is 2.25. The van der Waals surface area contributed by atoms with Gasteiger partial charge in [0.1, 0.15) is 5.82 Å². The van der Waals surface area contributed by atoms with Gasteiger partial charge >= 0.3 is 0 Å². The molecule has 30 heavy (non-hydrogen) atoms. The Morgan fingerprint density at radius 3 is 2.47 bits per heavy atom. The Hall–Kier alpha value is -2.86. The highest BCUT2D eigenvalue weighted by atomic mass is 32.2. The molecule has 2 aromatic heterocycles. The molecule has 0 amide bonds. The average molecular weight is 432 g/mol. The second-order valence-electron chi connectivity index (χ2n) is 7.74. The number of H-pyrrole nitrogens is 1. The first kappa shape index (κ1) is 20.4. The molecule has 0 bridgehead atoms. The summed E-state index contributed by atoms with van der Waals surface area (Å²) in [7, 11) is 0.613. The number of aromatic amines is 1. The number of likely N-dealkylation sites (tertiary alicyclic amines) is 1. The smallest absolute Gasteiger partial charge is 0.244 e. The quantitative estimate of drug-likeness (QED) is 0.598. The molecule has 0 atom stereocenters. The minimum atomic E-state index is -3.24. The predicted octanol–water partition coefficient (Wildman–Crippen LogP) is 0.630. The fraction of sp³-hybridized carbons (Fsp3) is 0.500. The molecule has 0 radical (unpaired) electrons. The first-order chi connectivity index (χ1) is 14.3. The van der Waals surface area contributed by atoms with Crippen molar-refractivity contribution in [3.63, 3.8) is 0 Å². The van der Waals surface area contributed by atoms with Gasteiger partial charge in [-0.25, -0.2) is 8.42 Å². The minimum absolute atomic E-state index is 0.271. The van der Waals surface area contributed by atoms with Gasteiger partial charge in [-0.3, -0.25) is 10.00 Å². The van der Waals surface area contributed by atoms with Crippen molar-refractivity contribution in [2.75, 3.05) is 38.3 Å². The molecule has 1 aromatic carbocycles. The molecule has 0 saturated carbocycles. The van der Waals surface area contributed by atoms with Gasteiger partial charge in [-0.05, 0) is 60.6 Å². The van der Waals surface area contributed by atoms with Crippen molar-refractivity contribution >= 4 is 15.8 Å². The second-order valence-corrected chi connectivity index (χ2v) is 9.75. The highest BCUT2D eigenvalue weighted by molar-refractivity contribution is 7.90. The maximum atomic E-state index is 11.7. The lowest BCUT2D eigenvalue weighted by atomic mass is 9.96. The molecule has 4 rings (SSSR count). The Labute approximate surface area is 175 Å². The monoisotopic (exact) mass is 431 g/mol. The molecule has 0 spiro atoms. The van der Waals surface area contributed by atoms with Gasteiger partial charge < -0.3 is 4.90 Å². The van der Waals surface area contributed by atoms with E-state index in [0.29, 0.717) is 18.4 Å². The van der Waals surface area contributed by atoms with Gasteiger partial charge in [0.05, 0.1) is 17.1 Å². The number of hydrogen-bond donors (Lipinski definition) is 1. The van der Waals surface area contributed by atoms with Crippen LogP contribution in [0.5, 0.6) is 0 Å². The zero-order valence-corrected chi connectivity index (χ0v) is 18.0. The Balaban J connectivity index is 1.40. The van der Waals surface area contributed by atoms with Gasteiger partial charge in [-0.15, -0.1) is 10.2 Å². The van der Waals surface area contributed by atoms with Crippen LogP contribution in [0.2, 0.25) is 0 Å².